The van der Waals surface area contributed by atoms with Gasteiger partial charge in [0.2, 0.25) is 11.8 Å². The lowest BCUT2D eigenvalue weighted by atomic mass is 10.1. The first kappa shape index (κ1) is 19.6. The molecule has 9 heteroatoms. The van der Waals surface area contributed by atoms with Crippen LogP contribution in [0.3, 0.4) is 0 Å². The molecule has 0 aliphatic heterocycles. The maximum Gasteiger partial charge on any atom is 0.337 e. The molecule has 0 atom stereocenters. The normalized spacial score (nSPS) is 10.5. The Balaban J connectivity index is 1.47. The molecule has 2 aromatic carbocycles. The predicted molar refractivity (Wildman–Crippen MR) is 100 cm³/mol. The number of amides is 1. The Labute approximate surface area is 164 Å². The number of ether oxygens (including phenoxy) is 1. The molecule has 0 aliphatic carbocycles. The van der Waals surface area contributed by atoms with Crippen LogP contribution in [0.25, 0.3) is 11.5 Å². The molecule has 0 fully saturated rings. The van der Waals surface area contributed by atoms with Crippen molar-refractivity contribution in [1.82, 2.24) is 15.5 Å². The standard InChI is InChI=1S/C19H16FN3O4S/c1-26-18(25)14-4-2-12(3-5-14)10-21-16(24)11-28-19-23-22-17(27-19)13-6-8-15(20)9-7-13/h2-9H,10-11H2,1H3,(H,21,24). The largest absolute Gasteiger partial charge is 0.465 e. The number of carbonyl (C=O) groups is 2. The maximum absolute atomic E-state index is 12.9. The van der Waals surface area contributed by atoms with E-state index < -0.39 is 5.97 Å². The first-order valence-corrected chi connectivity index (χ1v) is 9.20. The number of nitrogens with one attached hydrogen (secondary N) is 1. The van der Waals surface area contributed by atoms with Gasteiger partial charge in [0.25, 0.3) is 5.22 Å². The summed E-state index contributed by atoms with van der Waals surface area (Å²) in [4.78, 5) is 23.4. The fraction of sp³-hybridized carbons (Fsp3) is 0.158. The van der Waals surface area contributed by atoms with Crippen LogP contribution < -0.4 is 5.32 Å². The third-order valence-corrected chi connectivity index (χ3v) is 4.51. The number of thioether (sulfide) groups is 1. The van der Waals surface area contributed by atoms with Crippen LogP contribution in [0.1, 0.15) is 15.9 Å². The summed E-state index contributed by atoms with van der Waals surface area (Å²) in [5.74, 6) is -0.608. The second kappa shape index (κ2) is 9.14. The topological polar surface area (TPSA) is 94.3 Å². The minimum absolute atomic E-state index is 0.102. The Bertz CT molecular complexity index is 958. The van der Waals surface area contributed by atoms with Gasteiger partial charge in [0, 0.05) is 12.1 Å². The lowest BCUT2D eigenvalue weighted by molar-refractivity contribution is -0.118. The molecule has 0 spiro atoms. The van der Waals surface area contributed by atoms with Crippen LogP contribution in [0.15, 0.2) is 58.2 Å². The summed E-state index contributed by atoms with van der Waals surface area (Å²) in [7, 11) is 1.32. The van der Waals surface area contributed by atoms with Crippen LogP contribution in [-0.4, -0.2) is 34.9 Å². The number of hydrogen-bond acceptors (Lipinski definition) is 7. The van der Waals surface area contributed by atoms with Crippen molar-refractivity contribution < 1.29 is 23.1 Å². The van der Waals surface area contributed by atoms with Gasteiger partial charge >= 0.3 is 5.97 Å². The number of esters is 1. The molecule has 7 nitrogen and oxygen atoms in total. The Hall–Kier alpha value is -3.20. The van der Waals surface area contributed by atoms with E-state index in [4.69, 9.17) is 4.42 Å². The molecule has 1 heterocycles. The fourth-order valence-corrected chi connectivity index (χ4v) is 2.83. The number of halogens is 1. The molecular weight excluding hydrogens is 385 g/mol. The minimum Gasteiger partial charge on any atom is -0.465 e. The van der Waals surface area contributed by atoms with Gasteiger partial charge in [-0.1, -0.05) is 23.9 Å². The zero-order chi connectivity index (χ0) is 19.9. The van der Waals surface area contributed by atoms with Crippen LogP contribution in [0.5, 0.6) is 0 Å². The van der Waals surface area contributed by atoms with Crippen molar-refractivity contribution in [2.45, 2.75) is 11.8 Å². The number of methoxy groups -OCH3 is 1. The molecule has 28 heavy (non-hydrogen) atoms. The van der Waals surface area contributed by atoms with E-state index in [0.717, 1.165) is 17.3 Å². The molecular formula is C19H16FN3O4S. The summed E-state index contributed by atoms with van der Waals surface area (Å²) in [6.07, 6.45) is 0. The Morgan fingerprint density at radius 2 is 1.82 bits per heavy atom. The number of nitrogens with zero attached hydrogens (tertiary/aromatic N) is 2. The molecule has 3 rings (SSSR count). The Morgan fingerprint density at radius 3 is 2.50 bits per heavy atom. The van der Waals surface area contributed by atoms with E-state index in [2.05, 4.69) is 20.3 Å². The van der Waals surface area contributed by atoms with Gasteiger partial charge in [-0.3, -0.25) is 4.79 Å². The summed E-state index contributed by atoms with van der Waals surface area (Å²) >= 11 is 1.10. The maximum atomic E-state index is 12.9. The van der Waals surface area contributed by atoms with Crippen molar-refractivity contribution >= 4 is 23.6 Å². The third kappa shape index (κ3) is 5.17. The van der Waals surface area contributed by atoms with E-state index in [0.29, 0.717) is 17.7 Å². The highest BCUT2D eigenvalue weighted by Gasteiger charge is 2.11. The SMILES string of the molecule is COC(=O)c1ccc(CNC(=O)CSc2nnc(-c3ccc(F)cc3)o2)cc1. The van der Waals surface area contributed by atoms with Crippen molar-refractivity contribution in [3.8, 4) is 11.5 Å². The van der Waals surface area contributed by atoms with Crippen LogP contribution in [0.2, 0.25) is 0 Å². The third-order valence-electron chi connectivity index (χ3n) is 3.69. The molecule has 1 amide bonds. The smallest absolute Gasteiger partial charge is 0.337 e. The van der Waals surface area contributed by atoms with Crippen LogP contribution in [-0.2, 0) is 16.1 Å². The summed E-state index contributed by atoms with van der Waals surface area (Å²) in [6, 6.07) is 12.4. The second-order valence-corrected chi connectivity index (χ2v) is 6.56. The predicted octanol–water partition coefficient (Wildman–Crippen LogP) is 3.07. The van der Waals surface area contributed by atoms with Gasteiger partial charge in [0.1, 0.15) is 5.82 Å². The molecule has 144 valence electrons. The van der Waals surface area contributed by atoms with Crippen LogP contribution in [0, 0.1) is 5.82 Å². The Morgan fingerprint density at radius 1 is 1.11 bits per heavy atom. The zero-order valence-electron chi connectivity index (χ0n) is 14.8. The monoisotopic (exact) mass is 401 g/mol. The average molecular weight is 401 g/mol. The van der Waals surface area contributed by atoms with Crippen molar-refractivity contribution in [3.05, 3.63) is 65.5 Å². The first-order valence-electron chi connectivity index (χ1n) is 8.21. The van der Waals surface area contributed by atoms with E-state index in [1.807, 2.05) is 0 Å². The van der Waals surface area contributed by atoms with Gasteiger partial charge in [-0.05, 0) is 42.0 Å². The summed E-state index contributed by atoms with van der Waals surface area (Å²) in [5.41, 5.74) is 1.89. The molecule has 0 radical (unpaired) electrons. The molecule has 1 aromatic heterocycles. The first-order chi connectivity index (χ1) is 13.5. The number of benzene rings is 2. The van der Waals surface area contributed by atoms with Crippen molar-refractivity contribution in [2.75, 3.05) is 12.9 Å². The molecule has 1 N–H and O–H groups in total. The van der Waals surface area contributed by atoms with Gasteiger partial charge in [0.05, 0.1) is 18.4 Å². The lowest BCUT2D eigenvalue weighted by Crippen LogP contribution is -2.24. The number of hydrogen-bond donors (Lipinski definition) is 1. The van der Waals surface area contributed by atoms with Gasteiger partial charge < -0.3 is 14.5 Å². The molecule has 0 aliphatic rings. The second-order valence-electron chi connectivity index (χ2n) is 5.63. The number of rotatable bonds is 7. The quantitative estimate of drug-likeness (QED) is 0.480. The number of carbonyl (C=O) groups excluding carboxylic acids is 2. The highest BCUT2D eigenvalue weighted by Crippen LogP contribution is 2.23. The van der Waals surface area contributed by atoms with Gasteiger partial charge in [-0.15, -0.1) is 10.2 Å². The lowest BCUT2D eigenvalue weighted by Gasteiger charge is -2.05. The molecule has 0 saturated heterocycles. The highest BCUT2D eigenvalue weighted by atomic mass is 32.2. The van der Waals surface area contributed by atoms with Gasteiger partial charge in [-0.25, -0.2) is 9.18 Å². The molecule has 0 bridgehead atoms. The molecule has 0 saturated carbocycles. The van der Waals surface area contributed by atoms with Crippen molar-refractivity contribution in [2.24, 2.45) is 0 Å². The average Bonchev–Trinajstić information content (AvgIpc) is 3.20. The number of aromatic nitrogens is 2. The minimum atomic E-state index is -0.411. The summed E-state index contributed by atoms with van der Waals surface area (Å²) in [5, 5.41) is 10.8. The van der Waals surface area contributed by atoms with E-state index in [9.17, 15) is 14.0 Å². The van der Waals surface area contributed by atoms with E-state index in [-0.39, 0.29) is 28.6 Å². The van der Waals surface area contributed by atoms with Crippen LogP contribution >= 0.6 is 11.8 Å². The highest BCUT2D eigenvalue weighted by molar-refractivity contribution is 7.99. The summed E-state index contributed by atoms with van der Waals surface area (Å²) in [6.45, 7) is 0.325. The van der Waals surface area contributed by atoms with Gasteiger partial charge in [0.15, 0.2) is 0 Å². The van der Waals surface area contributed by atoms with Gasteiger partial charge in [-0.2, -0.15) is 0 Å². The fourth-order valence-electron chi connectivity index (χ4n) is 2.23. The van der Waals surface area contributed by atoms with Crippen molar-refractivity contribution in [3.63, 3.8) is 0 Å². The summed E-state index contributed by atoms with van der Waals surface area (Å²) < 4.78 is 23.0. The van der Waals surface area contributed by atoms with Crippen molar-refractivity contribution in [1.29, 1.82) is 0 Å². The Kier molecular flexibility index (Phi) is 6.38. The molecule has 3 aromatic rings. The van der Waals surface area contributed by atoms with Crippen LogP contribution in [0.4, 0.5) is 4.39 Å². The molecule has 0 unspecified atom stereocenters. The van der Waals surface area contributed by atoms with E-state index >= 15 is 0 Å². The zero-order valence-corrected chi connectivity index (χ0v) is 15.7. The van der Waals surface area contributed by atoms with E-state index in [1.165, 1.54) is 31.4 Å². The van der Waals surface area contributed by atoms with E-state index in [1.54, 1.807) is 24.3 Å².